The van der Waals surface area contributed by atoms with Crippen molar-refractivity contribution in [2.24, 2.45) is 0 Å². The number of amides is 2. The van der Waals surface area contributed by atoms with Crippen molar-refractivity contribution in [3.05, 3.63) is 81.5 Å². The molecule has 5 nitrogen and oxygen atoms in total. The molecule has 0 spiro atoms. The van der Waals surface area contributed by atoms with Crippen molar-refractivity contribution in [3.8, 4) is 0 Å². The van der Waals surface area contributed by atoms with Crippen molar-refractivity contribution >= 4 is 50.4 Å². The maximum Gasteiger partial charge on any atom is 0.252 e. The van der Waals surface area contributed by atoms with Crippen molar-refractivity contribution in [2.45, 2.75) is 19.3 Å². The number of anilines is 1. The number of rotatable bonds is 8. The molecule has 0 fully saturated rings. The molecule has 0 aliphatic rings. The molecule has 4 rings (SSSR count). The van der Waals surface area contributed by atoms with Crippen molar-refractivity contribution in [2.75, 3.05) is 11.9 Å². The molecule has 0 atom stereocenters. The molecule has 4 aromatic rings. The molecule has 0 aliphatic carbocycles. The minimum Gasteiger partial charge on any atom is -0.352 e. The van der Waals surface area contributed by atoms with Crippen LogP contribution in [-0.2, 0) is 11.2 Å². The zero-order chi connectivity index (χ0) is 20.8. The van der Waals surface area contributed by atoms with Crippen LogP contribution in [0.3, 0.4) is 0 Å². The third-order valence-corrected chi connectivity index (χ3v) is 6.30. The Bertz CT molecular complexity index is 1100. The zero-order valence-corrected chi connectivity index (χ0v) is 17.9. The van der Waals surface area contributed by atoms with Gasteiger partial charge < -0.3 is 10.6 Å². The molecule has 0 saturated heterocycles. The van der Waals surface area contributed by atoms with E-state index in [2.05, 4.69) is 21.7 Å². The summed E-state index contributed by atoms with van der Waals surface area (Å²) in [6.07, 6.45) is 1.73. The van der Waals surface area contributed by atoms with E-state index in [9.17, 15) is 9.59 Å². The van der Waals surface area contributed by atoms with Gasteiger partial charge in [0.25, 0.3) is 5.91 Å². The van der Waals surface area contributed by atoms with Crippen LogP contribution in [0.1, 0.15) is 33.8 Å². The summed E-state index contributed by atoms with van der Waals surface area (Å²) < 4.78 is 1.20. The van der Waals surface area contributed by atoms with Crippen LogP contribution in [0.2, 0.25) is 0 Å². The Morgan fingerprint density at radius 2 is 1.83 bits per heavy atom. The largest absolute Gasteiger partial charge is 0.352 e. The van der Waals surface area contributed by atoms with Gasteiger partial charge in [-0.05, 0) is 47.7 Å². The lowest BCUT2D eigenvalue weighted by molar-refractivity contribution is -0.116. The maximum atomic E-state index is 12.1. The van der Waals surface area contributed by atoms with Gasteiger partial charge in [0.2, 0.25) is 5.91 Å². The first-order valence-corrected chi connectivity index (χ1v) is 11.5. The van der Waals surface area contributed by atoms with Gasteiger partial charge in [0, 0.05) is 36.0 Å². The molecule has 0 aliphatic heterocycles. The lowest BCUT2D eigenvalue weighted by atomic mass is 10.1. The molecule has 2 amide bonds. The van der Waals surface area contributed by atoms with Crippen LogP contribution in [0.5, 0.6) is 0 Å². The van der Waals surface area contributed by atoms with E-state index >= 15 is 0 Å². The monoisotopic (exact) mass is 435 g/mol. The molecule has 152 valence electrons. The number of para-hydroxylation sites is 1. The first-order valence-electron chi connectivity index (χ1n) is 9.71. The molecular formula is C23H21N3O2S2. The van der Waals surface area contributed by atoms with Crippen molar-refractivity contribution in [1.82, 2.24) is 10.3 Å². The lowest BCUT2D eigenvalue weighted by Crippen LogP contribution is -2.25. The van der Waals surface area contributed by atoms with E-state index in [4.69, 9.17) is 0 Å². The van der Waals surface area contributed by atoms with E-state index in [1.165, 1.54) is 16.0 Å². The number of carbonyl (C=O) groups is 2. The Morgan fingerprint density at radius 3 is 2.60 bits per heavy atom. The van der Waals surface area contributed by atoms with Gasteiger partial charge in [-0.15, -0.1) is 11.3 Å². The Morgan fingerprint density at radius 1 is 1.00 bits per heavy atom. The molecule has 0 radical (unpaired) electrons. The SMILES string of the molecule is O=C(CCCNC(=O)c1ccsc1)Nc1ccc(Cc2nc3ccccc3s2)cc1. The van der Waals surface area contributed by atoms with Gasteiger partial charge in [0.1, 0.15) is 0 Å². The van der Waals surface area contributed by atoms with Crippen LogP contribution in [0, 0.1) is 0 Å². The number of nitrogens with zero attached hydrogens (tertiary/aromatic N) is 1. The third-order valence-electron chi connectivity index (χ3n) is 4.58. The number of thiazole rings is 1. The fraction of sp³-hybridized carbons (Fsp3) is 0.174. The van der Waals surface area contributed by atoms with E-state index in [-0.39, 0.29) is 11.8 Å². The van der Waals surface area contributed by atoms with Gasteiger partial charge >= 0.3 is 0 Å². The highest BCUT2D eigenvalue weighted by atomic mass is 32.1. The van der Waals surface area contributed by atoms with Crippen molar-refractivity contribution in [1.29, 1.82) is 0 Å². The fourth-order valence-electron chi connectivity index (χ4n) is 3.05. The van der Waals surface area contributed by atoms with Gasteiger partial charge in [-0.1, -0.05) is 24.3 Å². The first-order chi connectivity index (χ1) is 14.7. The van der Waals surface area contributed by atoms with Crippen LogP contribution in [0.15, 0.2) is 65.4 Å². The number of aromatic nitrogens is 1. The van der Waals surface area contributed by atoms with Crippen LogP contribution >= 0.6 is 22.7 Å². The summed E-state index contributed by atoms with van der Waals surface area (Å²) in [6.45, 7) is 0.475. The van der Waals surface area contributed by atoms with Crippen LogP contribution in [-0.4, -0.2) is 23.3 Å². The number of hydrogen-bond acceptors (Lipinski definition) is 5. The molecule has 0 unspecified atom stereocenters. The van der Waals surface area contributed by atoms with Gasteiger partial charge in [-0.2, -0.15) is 11.3 Å². The highest BCUT2D eigenvalue weighted by Crippen LogP contribution is 2.24. The molecule has 7 heteroatoms. The number of carbonyl (C=O) groups excluding carboxylic acids is 2. The summed E-state index contributed by atoms with van der Waals surface area (Å²) >= 11 is 3.20. The Kier molecular flexibility index (Phi) is 6.51. The van der Waals surface area contributed by atoms with E-state index in [1.54, 1.807) is 17.4 Å². The predicted molar refractivity (Wildman–Crippen MR) is 123 cm³/mol. The van der Waals surface area contributed by atoms with E-state index in [1.807, 2.05) is 53.2 Å². The summed E-state index contributed by atoms with van der Waals surface area (Å²) in [6, 6.07) is 17.8. The van der Waals surface area contributed by atoms with Gasteiger partial charge in [0.05, 0.1) is 15.2 Å². The minimum atomic E-state index is -0.0969. The Hall–Kier alpha value is -3.03. The molecule has 2 aromatic heterocycles. The molecule has 2 heterocycles. The molecular weight excluding hydrogens is 414 g/mol. The van der Waals surface area contributed by atoms with Gasteiger partial charge in [-0.25, -0.2) is 4.98 Å². The van der Waals surface area contributed by atoms with Gasteiger partial charge in [-0.3, -0.25) is 9.59 Å². The maximum absolute atomic E-state index is 12.1. The minimum absolute atomic E-state index is 0.0568. The third kappa shape index (κ3) is 5.31. The highest BCUT2D eigenvalue weighted by Gasteiger charge is 2.07. The summed E-state index contributed by atoms with van der Waals surface area (Å²) in [5.74, 6) is -0.154. The molecule has 0 saturated carbocycles. The van der Waals surface area contributed by atoms with Crippen molar-refractivity contribution < 1.29 is 9.59 Å². The Labute approximate surface area is 182 Å². The number of benzene rings is 2. The topological polar surface area (TPSA) is 71.1 Å². The molecule has 2 aromatic carbocycles. The number of fused-ring (bicyclic) bond motifs is 1. The van der Waals surface area contributed by atoms with E-state index in [0.717, 1.165) is 28.2 Å². The molecule has 0 bridgehead atoms. The summed E-state index contributed by atoms with van der Waals surface area (Å²) in [5, 5.41) is 10.5. The lowest BCUT2D eigenvalue weighted by Gasteiger charge is -2.07. The number of thiophene rings is 1. The smallest absolute Gasteiger partial charge is 0.252 e. The summed E-state index contributed by atoms with van der Waals surface area (Å²) in [4.78, 5) is 28.6. The molecule has 30 heavy (non-hydrogen) atoms. The summed E-state index contributed by atoms with van der Waals surface area (Å²) in [5.41, 5.74) is 3.63. The van der Waals surface area contributed by atoms with E-state index in [0.29, 0.717) is 24.9 Å². The highest BCUT2D eigenvalue weighted by molar-refractivity contribution is 7.18. The van der Waals surface area contributed by atoms with Crippen LogP contribution in [0.25, 0.3) is 10.2 Å². The fourth-order valence-corrected chi connectivity index (χ4v) is 4.68. The first kappa shape index (κ1) is 20.3. The average molecular weight is 436 g/mol. The van der Waals surface area contributed by atoms with Gasteiger partial charge in [0.15, 0.2) is 0 Å². The average Bonchev–Trinajstić information content (AvgIpc) is 3.42. The summed E-state index contributed by atoms with van der Waals surface area (Å²) in [7, 11) is 0. The van der Waals surface area contributed by atoms with Crippen LogP contribution < -0.4 is 10.6 Å². The number of nitrogens with one attached hydrogen (secondary N) is 2. The second kappa shape index (κ2) is 9.65. The second-order valence-corrected chi connectivity index (χ2v) is 8.76. The van der Waals surface area contributed by atoms with Crippen LogP contribution in [0.4, 0.5) is 5.69 Å². The predicted octanol–water partition coefficient (Wildman–Crippen LogP) is 5.10. The standard InChI is InChI=1S/C23H21N3O2S2/c27-21(6-3-12-24-23(28)17-11-13-29-15-17)25-18-9-7-16(8-10-18)14-22-26-19-4-1-2-5-20(19)30-22/h1-2,4-5,7-11,13,15H,3,6,12,14H2,(H,24,28)(H,25,27). The van der Waals surface area contributed by atoms with E-state index < -0.39 is 0 Å². The second-order valence-electron chi connectivity index (χ2n) is 6.87. The quantitative estimate of drug-likeness (QED) is 0.378. The zero-order valence-electron chi connectivity index (χ0n) is 16.3. The van der Waals surface area contributed by atoms with Crippen molar-refractivity contribution in [3.63, 3.8) is 0 Å². The Balaban J connectivity index is 1.22. The number of hydrogen-bond donors (Lipinski definition) is 2. The normalized spacial score (nSPS) is 10.8. The molecule has 2 N–H and O–H groups in total.